The SMILES string of the molecule is O[C@@H]1C[C@@]23C(=C[C@@H]1O)CCN2CCCc1cc2c(cc13)OCO2. The highest BCUT2D eigenvalue weighted by Crippen LogP contribution is 2.53. The van der Waals surface area contributed by atoms with E-state index in [1.54, 1.807) is 0 Å². The maximum Gasteiger partial charge on any atom is 0.231 e. The van der Waals surface area contributed by atoms with Gasteiger partial charge in [0.05, 0.1) is 17.7 Å². The molecule has 3 atom stereocenters. The van der Waals surface area contributed by atoms with Gasteiger partial charge in [0.25, 0.3) is 0 Å². The third-order valence-electron chi connectivity index (χ3n) is 5.91. The molecule has 1 saturated heterocycles. The lowest BCUT2D eigenvalue weighted by Crippen LogP contribution is -2.49. The highest BCUT2D eigenvalue weighted by Gasteiger charge is 2.52. The number of fused-ring (bicyclic) bond motifs is 2. The van der Waals surface area contributed by atoms with E-state index < -0.39 is 12.2 Å². The third kappa shape index (κ3) is 1.78. The molecule has 1 aliphatic carbocycles. The lowest BCUT2D eigenvalue weighted by molar-refractivity contribution is -0.00533. The number of aliphatic hydroxyl groups is 2. The van der Waals surface area contributed by atoms with Crippen LogP contribution in [-0.2, 0) is 12.0 Å². The summed E-state index contributed by atoms with van der Waals surface area (Å²) < 4.78 is 11.2. The van der Waals surface area contributed by atoms with Crippen molar-refractivity contribution in [2.75, 3.05) is 19.9 Å². The number of hydrogen-bond acceptors (Lipinski definition) is 5. The van der Waals surface area contributed by atoms with Crippen LogP contribution in [0.2, 0.25) is 0 Å². The molecule has 1 fully saturated rings. The molecule has 0 aromatic heterocycles. The Balaban J connectivity index is 1.75. The summed E-state index contributed by atoms with van der Waals surface area (Å²) in [7, 11) is 0. The summed E-state index contributed by atoms with van der Waals surface area (Å²) in [6, 6.07) is 4.23. The van der Waals surface area contributed by atoms with Crippen LogP contribution in [-0.4, -0.2) is 47.2 Å². The zero-order valence-corrected chi connectivity index (χ0v) is 13.0. The molecule has 5 rings (SSSR count). The minimum Gasteiger partial charge on any atom is -0.454 e. The molecule has 0 bridgehead atoms. The first-order valence-electron chi connectivity index (χ1n) is 8.44. The van der Waals surface area contributed by atoms with Crippen molar-refractivity contribution in [3.8, 4) is 11.5 Å². The summed E-state index contributed by atoms with van der Waals surface area (Å²) in [5, 5.41) is 20.5. The second-order valence-electron chi connectivity index (χ2n) is 7.02. The molecule has 5 heteroatoms. The number of aliphatic hydroxyl groups excluding tert-OH is 2. The van der Waals surface area contributed by atoms with Gasteiger partial charge in [-0.15, -0.1) is 0 Å². The second-order valence-corrected chi connectivity index (χ2v) is 7.02. The molecular formula is C18H21NO4. The van der Waals surface area contributed by atoms with Crippen LogP contribution in [0.25, 0.3) is 0 Å². The van der Waals surface area contributed by atoms with Crippen molar-refractivity contribution in [2.24, 2.45) is 0 Å². The van der Waals surface area contributed by atoms with Gasteiger partial charge in [0.15, 0.2) is 11.5 Å². The summed E-state index contributed by atoms with van der Waals surface area (Å²) in [5.41, 5.74) is 3.48. The zero-order chi connectivity index (χ0) is 15.6. The predicted octanol–water partition coefficient (Wildman–Crippen LogP) is 1.31. The minimum absolute atomic E-state index is 0.277. The van der Waals surface area contributed by atoms with Crippen LogP contribution in [0.1, 0.15) is 30.4 Å². The highest BCUT2D eigenvalue weighted by molar-refractivity contribution is 5.55. The molecule has 3 heterocycles. The first kappa shape index (κ1) is 13.8. The third-order valence-corrected chi connectivity index (χ3v) is 5.91. The number of ether oxygens (including phenoxy) is 2. The molecule has 2 N–H and O–H groups in total. The van der Waals surface area contributed by atoms with Crippen LogP contribution in [0.15, 0.2) is 23.8 Å². The van der Waals surface area contributed by atoms with E-state index in [1.165, 1.54) is 16.7 Å². The maximum absolute atomic E-state index is 10.4. The Morgan fingerprint density at radius 3 is 2.78 bits per heavy atom. The largest absolute Gasteiger partial charge is 0.454 e. The molecule has 0 amide bonds. The van der Waals surface area contributed by atoms with Gasteiger partial charge in [-0.1, -0.05) is 6.08 Å². The molecule has 3 aliphatic heterocycles. The molecule has 0 radical (unpaired) electrons. The van der Waals surface area contributed by atoms with E-state index in [0.717, 1.165) is 43.9 Å². The molecule has 1 aromatic rings. The predicted molar refractivity (Wildman–Crippen MR) is 83.5 cm³/mol. The Hall–Kier alpha value is -1.56. The van der Waals surface area contributed by atoms with Crippen LogP contribution in [0, 0.1) is 0 Å². The molecule has 4 aliphatic rings. The molecule has 0 saturated carbocycles. The van der Waals surface area contributed by atoms with Gasteiger partial charge in [-0.2, -0.15) is 0 Å². The first-order chi connectivity index (χ1) is 11.2. The Labute approximate surface area is 135 Å². The van der Waals surface area contributed by atoms with Crippen LogP contribution >= 0.6 is 0 Å². The molecule has 1 spiro atoms. The highest BCUT2D eigenvalue weighted by atomic mass is 16.7. The standard InChI is InChI=1S/C18H21NO4/c20-14-7-12-3-5-19-4-1-2-11-6-16-17(23-10-22-16)8-13(11)18(12,19)9-15(14)21/h6-8,14-15,20-21H,1-5,9-10H2/t14-,15+,18-/m0/s1. The van der Waals surface area contributed by atoms with E-state index >= 15 is 0 Å². The van der Waals surface area contributed by atoms with Crippen molar-refractivity contribution in [2.45, 2.75) is 43.4 Å². The Morgan fingerprint density at radius 1 is 1.09 bits per heavy atom. The van der Waals surface area contributed by atoms with Crippen LogP contribution < -0.4 is 9.47 Å². The lowest BCUT2D eigenvalue weighted by Gasteiger charge is -2.44. The summed E-state index contributed by atoms with van der Waals surface area (Å²) in [6.07, 6.45) is 4.02. The van der Waals surface area contributed by atoms with Gasteiger partial charge in [-0.25, -0.2) is 0 Å². The van der Waals surface area contributed by atoms with Gasteiger partial charge in [-0.3, -0.25) is 4.90 Å². The van der Waals surface area contributed by atoms with Crippen molar-refractivity contribution < 1.29 is 19.7 Å². The van der Waals surface area contributed by atoms with Crippen LogP contribution in [0.5, 0.6) is 11.5 Å². The van der Waals surface area contributed by atoms with Crippen molar-refractivity contribution in [1.29, 1.82) is 0 Å². The summed E-state index contributed by atoms with van der Waals surface area (Å²) >= 11 is 0. The van der Waals surface area contributed by atoms with Gasteiger partial charge in [0, 0.05) is 13.0 Å². The monoisotopic (exact) mass is 315 g/mol. The number of hydrogen-bond donors (Lipinski definition) is 2. The average Bonchev–Trinajstić information content (AvgIpc) is 3.09. The topological polar surface area (TPSA) is 62.2 Å². The summed E-state index contributed by atoms with van der Waals surface area (Å²) in [4.78, 5) is 2.49. The van der Waals surface area contributed by atoms with E-state index in [1.807, 2.05) is 6.08 Å². The van der Waals surface area contributed by atoms with Crippen molar-refractivity contribution in [3.63, 3.8) is 0 Å². The van der Waals surface area contributed by atoms with E-state index in [-0.39, 0.29) is 12.3 Å². The minimum atomic E-state index is -0.753. The Morgan fingerprint density at radius 2 is 1.91 bits per heavy atom. The van der Waals surface area contributed by atoms with Crippen molar-refractivity contribution in [1.82, 2.24) is 4.90 Å². The summed E-state index contributed by atoms with van der Waals surface area (Å²) in [5.74, 6) is 1.63. The maximum atomic E-state index is 10.4. The number of benzene rings is 1. The quantitative estimate of drug-likeness (QED) is 0.707. The normalized spacial score (nSPS) is 35.1. The fourth-order valence-electron chi connectivity index (χ4n) is 4.87. The van der Waals surface area contributed by atoms with Gasteiger partial charge in [-0.05, 0) is 54.6 Å². The first-order valence-corrected chi connectivity index (χ1v) is 8.44. The average molecular weight is 315 g/mol. The van der Waals surface area contributed by atoms with Crippen LogP contribution in [0.3, 0.4) is 0 Å². The zero-order valence-electron chi connectivity index (χ0n) is 13.0. The Bertz CT molecular complexity index is 701. The van der Waals surface area contributed by atoms with E-state index in [0.29, 0.717) is 6.42 Å². The number of rotatable bonds is 0. The lowest BCUT2D eigenvalue weighted by atomic mass is 9.72. The molecule has 0 unspecified atom stereocenters. The van der Waals surface area contributed by atoms with Gasteiger partial charge in [0.1, 0.15) is 0 Å². The molecule has 5 nitrogen and oxygen atoms in total. The number of nitrogens with zero attached hydrogens (tertiary/aromatic N) is 1. The van der Waals surface area contributed by atoms with Crippen molar-refractivity contribution >= 4 is 0 Å². The van der Waals surface area contributed by atoms with E-state index in [4.69, 9.17) is 9.47 Å². The Kier molecular flexibility index (Phi) is 2.84. The van der Waals surface area contributed by atoms with Gasteiger partial charge < -0.3 is 19.7 Å². The second kappa shape index (κ2) is 4.72. The molecule has 23 heavy (non-hydrogen) atoms. The molecule has 1 aromatic carbocycles. The number of aryl methyl sites for hydroxylation is 1. The van der Waals surface area contributed by atoms with E-state index in [2.05, 4.69) is 17.0 Å². The molecule has 122 valence electrons. The smallest absolute Gasteiger partial charge is 0.231 e. The summed E-state index contributed by atoms with van der Waals surface area (Å²) in [6.45, 7) is 2.28. The fraction of sp³-hybridized carbons (Fsp3) is 0.556. The van der Waals surface area contributed by atoms with Gasteiger partial charge >= 0.3 is 0 Å². The molecular weight excluding hydrogens is 294 g/mol. The fourth-order valence-corrected chi connectivity index (χ4v) is 4.87. The van der Waals surface area contributed by atoms with E-state index in [9.17, 15) is 10.2 Å². The van der Waals surface area contributed by atoms with Crippen molar-refractivity contribution in [3.05, 3.63) is 34.9 Å². The van der Waals surface area contributed by atoms with Gasteiger partial charge in [0.2, 0.25) is 6.79 Å². The van der Waals surface area contributed by atoms with Crippen LogP contribution in [0.4, 0.5) is 0 Å².